The predicted molar refractivity (Wildman–Crippen MR) is 111 cm³/mol. The number of benzene rings is 2. The predicted octanol–water partition coefficient (Wildman–Crippen LogP) is 4.82. The van der Waals surface area contributed by atoms with Crippen LogP contribution >= 0.6 is 11.8 Å². The van der Waals surface area contributed by atoms with Gasteiger partial charge >= 0.3 is 0 Å². The molecule has 0 aliphatic rings. The summed E-state index contributed by atoms with van der Waals surface area (Å²) < 4.78 is 24.1. The van der Waals surface area contributed by atoms with Gasteiger partial charge in [-0.15, -0.1) is 11.8 Å². The molecule has 0 radical (unpaired) electrons. The maximum absolute atomic E-state index is 13.2. The molecule has 0 atom stereocenters. The Bertz CT molecular complexity index is 934. The number of carbonyl (C=O) groups is 1. The highest BCUT2D eigenvalue weighted by molar-refractivity contribution is 8.00. The van der Waals surface area contributed by atoms with E-state index in [0.29, 0.717) is 30.5 Å². The molecule has 7 heteroatoms. The second-order valence-electron chi connectivity index (χ2n) is 6.03. The molecule has 3 rings (SSSR count). The van der Waals surface area contributed by atoms with Gasteiger partial charge in [0.1, 0.15) is 17.3 Å². The van der Waals surface area contributed by atoms with Crippen molar-refractivity contribution >= 4 is 17.7 Å². The Morgan fingerprint density at radius 1 is 1.10 bits per heavy atom. The number of amides is 1. The van der Waals surface area contributed by atoms with Gasteiger partial charge in [-0.25, -0.2) is 9.37 Å². The highest BCUT2D eigenvalue weighted by Gasteiger charge is 2.05. The Labute approximate surface area is 173 Å². The van der Waals surface area contributed by atoms with E-state index in [-0.39, 0.29) is 11.7 Å². The summed E-state index contributed by atoms with van der Waals surface area (Å²) in [5.74, 6) is 1.44. The van der Waals surface area contributed by atoms with Crippen LogP contribution < -0.4 is 14.8 Å². The van der Waals surface area contributed by atoms with Gasteiger partial charge in [-0.1, -0.05) is 12.1 Å². The van der Waals surface area contributed by atoms with E-state index in [1.807, 2.05) is 37.3 Å². The van der Waals surface area contributed by atoms with Gasteiger partial charge in [-0.3, -0.25) is 4.79 Å². The fourth-order valence-corrected chi connectivity index (χ4v) is 3.15. The lowest BCUT2D eigenvalue weighted by Crippen LogP contribution is -2.24. The molecule has 0 saturated carbocycles. The molecule has 1 amide bonds. The monoisotopic (exact) mass is 412 g/mol. The number of pyridine rings is 1. The van der Waals surface area contributed by atoms with Crippen LogP contribution in [0, 0.1) is 5.82 Å². The van der Waals surface area contributed by atoms with Gasteiger partial charge in [-0.05, 0) is 48.9 Å². The van der Waals surface area contributed by atoms with E-state index in [2.05, 4.69) is 10.3 Å². The quantitative estimate of drug-likeness (QED) is 0.511. The second-order valence-corrected chi connectivity index (χ2v) is 7.08. The molecule has 5 nitrogen and oxygen atoms in total. The Morgan fingerprint density at radius 3 is 2.62 bits per heavy atom. The number of ether oxygens (including phenoxy) is 2. The number of carbonyl (C=O) groups excluding carboxylic acids is 1. The summed E-state index contributed by atoms with van der Waals surface area (Å²) in [6, 6.07) is 17.0. The molecule has 1 N–H and O–H groups in total. The fraction of sp³-hybridized carbons (Fsp3) is 0.182. The van der Waals surface area contributed by atoms with Crippen LogP contribution in [0.3, 0.4) is 0 Å². The van der Waals surface area contributed by atoms with E-state index in [1.165, 1.54) is 23.9 Å². The molecule has 0 aliphatic heterocycles. The zero-order valence-electron chi connectivity index (χ0n) is 15.9. The lowest BCUT2D eigenvalue weighted by Gasteiger charge is -2.08. The highest BCUT2D eigenvalue weighted by Crippen LogP contribution is 2.22. The number of hydrogen-bond acceptors (Lipinski definition) is 5. The van der Waals surface area contributed by atoms with Crippen molar-refractivity contribution in [2.45, 2.75) is 18.4 Å². The van der Waals surface area contributed by atoms with Crippen molar-refractivity contribution in [3.63, 3.8) is 0 Å². The maximum atomic E-state index is 13.2. The number of hydrogen-bond donors (Lipinski definition) is 1. The number of nitrogens with zero attached hydrogens (tertiary/aromatic N) is 1. The summed E-state index contributed by atoms with van der Waals surface area (Å²) in [6.07, 6.45) is 1.62. The van der Waals surface area contributed by atoms with Gasteiger partial charge in [0.25, 0.3) is 0 Å². The summed E-state index contributed by atoms with van der Waals surface area (Å²) >= 11 is 1.46. The molecular weight excluding hydrogens is 391 g/mol. The minimum atomic E-state index is -0.370. The van der Waals surface area contributed by atoms with Crippen LogP contribution in [0.25, 0.3) is 0 Å². The summed E-state index contributed by atoms with van der Waals surface area (Å²) in [5, 5.41) is 2.86. The Morgan fingerprint density at radius 2 is 1.93 bits per heavy atom. The van der Waals surface area contributed by atoms with Crippen molar-refractivity contribution in [1.82, 2.24) is 10.3 Å². The number of thioether (sulfide) groups is 1. The first-order valence-electron chi connectivity index (χ1n) is 9.13. The Hall–Kier alpha value is -3.06. The normalized spacial score (nSPS) is 10.4. The van der Waals surface area contributed by atoms with Gasteiger partial charge in [0.2, 0.25) is 11.8 Å². The molecule has 0 bridgehead atoms. The number of nitrogens with one attached hydrogen (secondary N) is 1. The summed E-state index contributed by atoms with van der Waals surface area (Å²) in [5.41, 5.74) is 0.844. The average molecular weight is 412 g/mol. The fourth-order valence-electron chi connectivity index (χ4n) is 2.43. The van der Waals surface area contributed by atoms with Crippen molar-refractivity contribution in [2.75, 3.05) is 12.4 Å². The largest absolute Gasteiger partial charge is 0.494 e. The smallest absolute Gasteiger partial charge is 0.230 e. The van der Waals surface area contributed by atoms with E-state index in [1.54, 1.807) is 24.4 Å². The Balaban J connectivity index is 1.42. The number of rotatable bonds is 9. The van der Waals surface area contributed by atoms with Crippen LogP contribution in [-0.4, -0.2) is 23.3 Å². The van der Waals surface area contributed by atoms with Crippen molar-refractivity contribution in [3.8, 4) is 17.4 Å². The molecule has 0 fully saturated rings. The van der Waals surface area contributed by atoms with Gasteiger partial charge in [-0.2, -0.15) is 0 Å². The SMILES string of the molecule is CCOc1ccc(SCC(=O)NCc2ccc(Oc3cccc(F)c3)nc2)cc1. The third kappa shape index (κ3) is 6.80. The van der Waals surface area contributed by atoms with Crippen LogP contribution in [0.4, 0.5) is 4.39 Å². The van der Waals surface area contributed by atoms with E-state index >= 15 is 0 Å². The van der Waals surface area contributed by atoms with Gasteiger partial charge in [0.15, 0.2) is 0 Å². The third-order valence-electron chi connectivity index (χ3n) is 3.81. The summed E-state index contributed by atoms with van der Waals surface area (Å²) in [7, 11) is 0. The first-order valence-corrected chi connectivity index (χ1v) is 10.1. The maximum Gasteiger partial charge on any atom is 0.230 e. The summed E-state index contributed by atoms with van der Waals surface area (Å²) in [6.45, 7) is 2.94. The zero-order valence-corrected chi connectivity index (χ0v) is 16.7. The van der Waals surface area contributed by atoms with E-state index in [4.69, 9.17) is 9.47 Å². The molecule has 2 aromatic carbocycles. The molecule has 1 aromatic heterocycles. The van der Waals surface area contributed by atoms with Crippen LogP contribution in [-0.2, 0) is 11.3 Å². The minimum absolute atomic E-state index is 0.0658. The lowest BCUT2D eigenvalue weighted by molar-refractivity contribution is -0.118. The topological polar surface area (TPSA) is 60.5 Å². The zero-order chi connectivity index (χ0) is 20.5. The first kappa shape index (κ1) is 20.7. The average Bonchev–Trinajstić information content (AvgIpc) is 2.73. The van der Waals surface area contributed by atoms with Crippen molar-refractivity contribution in [3.05, 3.63) is 78.2 Å². The standard InChI is InChI=1S/C22H21FN2O3S/c1-2-27-18-7-9-20(10-8-18)29-15-21(26)24-13-16-6-11-22(25-14-16)28-19-5-3-4-17(23)12-19/h3-12,14H,2,13,15H2,1H3,(H,24,26). The summed E-state index contributed by atoms with van der Waals surface area (Å²) in [4.78, 5) is 17.3. The number of halogens is 1. The lowest BCUT2D eigenvalue weighted by atomic mass is 10.3. The Kier molecular flexibility index (Phi) is 7.47. The highest BCUT2D eigenvalue weighted by atomic mass is 32.2. The molecule has 29 heavy (non-hydrogen) atoms. The van der Waals surface area contributed by atoms with E-state index in [9.17, 15) is 9.18 Å². The molecule has 0 spiro atoms. The molecule has 1 heterocycles. The van der Waals surface area contributed by atoms with Crippen LogP contribution in [0.5, 0.6) is 17.4 Å². The van der Waals surface area contributed by atoms with E-state index in [0.717, 1.165) is 16.2 Å². The molecule has 0 unspecified atom stereocenters. The molecule has 0 saturated heterocycles. The van der Waals surface area contributed by atoms with Crippen LogP contribution in [0.15, 0.2) is 71.8 Å². The molecule has 0 aliphatic carbocycles. The van der Waals surface area contributed by atoms with Crippen molar-refractivity contribution in [1.29, 1.82) is 0 Å². The minimum Gasteiger partial charge on any atom is -0.494 e. The molecule has 3 aromatic rings. The number of aromatic nitrogens is 1. The van der Waals surface area contributed by atoms with Gasteiger partial charge in [0, 0.05) is 29.8 Å². The second kappa shape index (κ2) is 10.5. The van der Waals surface area contributed by atoms with E-state index < -0.39 is 0 Å². The molecular formula is C22H21FN2O3S. The van der Waals surface area contributed by atoms with Crippen LogP contribution in [0.1, 0.15) is 12.5 Å². The third-order valence-corrected chi connectivity index (χ3v) is 4.82. The van der Waals surface area contributed by atoms with Crippen molar-refractivity contribution in [2.24, 2.45) is 0 Å². The molecule has 150 valence electrons. The van der Waals surface area contributed by atoms with Crippen LogP contribution in [0.2, 0.25) is 0 Å². The van der Waals surface area contributed by atoms with Gasteiger partial charge < -0.3 is 14.8 Å². The van der Waals surface area contributed by atoms with Gasteiger partial charge in [0.05, 0.1) is 12.4 Å². The first-order chi connectivity index (χ1) is 14.1. The van der Waals surface area contributed by atoms with Crippen molar-refractivity contribution < 1.29 is 18.7 Å².